The monoisotopic (exact) mass is 524 g/mol. The molecule has 0 saturated carbocycles. The second-order valence-corrected chi connectivity index (χ2v) is 9.38. The Kier molecular flexibility index (Phi) is 10.2. The van der Waals surface area contributed by atoms with Gasteiger partial charge in [0.2, 0.25) is 0 Å². The van der Waals surface area contributed by atoms with E-state index in [0.717, 1.165) is 16.7 Å². The molecule has 3 aromatic rings. The maximum absolute atomic E-state index is 10.0. The Labute approximate surface area is 229 Å². The molecule has 0 N–H and O–H groups in total. The van der Waals surface area contributed by atoms with E-state index in [9.17, 15) is 5.26 Å². The van der Waals surface area contributed by atoms with Crippen molar-refractivity contribution < 1.29 is 23.7 Å². The second-order valence-electron chi connectivity index (χ2n) is 9.38. The Morgan fingerprint density at radius 3 is 1.97 bits per heavy atom. The average molecular weight is 525 g/mol. The number of rotatable bonds is 13. The van der Waals surface area contributed by atoms with Crippen LogP contribution in [0.3, 0.4) is 0 Å². The molecular formula is C32H32N2O5. The van der Waals surface area contributed by atoms with Crippen molar-refractivity contribution in [2.75, 3.05) is 13.2 Å². The number of hydrogen-bond acceptors (Lipinski definition) is 7. The molecule has 0 amide bonds. The molecule has 7 heteroatoms. The summed E-state index contributed by atoms with van der Waals surface area (Å²) in [5.74, 6) is 0. The normalized spacial score (nSPS) is 22.6. The van der Waals surface area contributed by atoms with Crippen LogP contribution in [0.25, 0.3) is 0 Å². The van der Waals surface area contributed by atoms with Crippen molar-refractivity contribution in [3.63, 3.8) is 0 Å². The van der Waals surface area contributed by atoms with Gasteiger partial charge < -0.3 is 23.7 Å². The third-order valence-electron chi connectivity index (χ3n) is 6.56. The summed E-state index contributed by atoms with van der Waals surface area (Å²) in [6.45, 7) is 2.97. The number of hydrogen-bond donors (Lipinski definition) is 0. The quantitative estimate of drug-likeness (QED) is 0.166. The molecule has 0 radical (unpaired) electrons. The van der Waals surface area contributed by atoms with E-state index in [1.54, 1.807) is 0 Å². The van der Waals surface area contributed by atoms with Crippen molar-refractivity contribution in [1.29, 1.82) is 10.5 Å². The summed E-state index contributed by atoms with van der Waals surface area (Å²) >= 11 is 0. The fourth-order valence-electron chi connectivity index (χ4n) is 4.59. The van der Waals surface area contributed by atoms with E-state index in [-0.39, 0.29) is 25.4 Å². The summed E-state index contributed by atoms with van der Waals surface area (Å²) in [6, 6.07) is 33.6. The van der Waals surface area contributed by atoms with Crippen molar-refractivity contribution in [3.8, 4) is 12.1 Å². The predicted octanol–water partition coefficient (Wildman–Crippen LogP) is 5.48. The minimum absolute atomic E-state index is 0.183. The highest BCUT2D eigenvalue weighted by Gasteiger charge is 2.57. The van der Waals surface area contributed by atoms with Gasteiger partial charge in [0.1, 0.15) is 42.3 Å². The van der Waals surface area contributed by atoms with Crippen molar-refractivity contribution in [2.45, 2.75) is 50.7 Å². The molecule has 4 atom stereocenters. The summed E-state index contributed by atoms with van der Waals surface area (Å²) in [4.78, 5) is 0. The van der Waals surface area contributed by atoms with Crippen LogP contribution < -0.4 is 0 Å². The van der Waals surface area contributed by atoms with Gasteiger partial charge in [-0.25, -0.2) is 0 Å². The van der Waals surface area contributed by atoms with E-state index in [4.69, 9.17) is 28.9 Å². The minimum Gasteiger partial charge on any atom is -0.485 e. The minimum atomic E-state index is -1.07. The van der Waals surface area contributed by atoms with Crippen LogP contribution >= 0.6 is 0 Å². The first-order chi connectivity index (χ1) is 19.1. The Bertz CT molecular complexity index is 1270. The smallest absolute Gasteiger partial charge is 0.173 e. The number of nitriles is 2. The predicted molar refractivity (Wildman–Crippen MR) is 145 cm³/mol. The summed E-state index contributed by atoms with van der Waals surface area (Å²) in [6.07, 6.45) is -0.638. The van der Waals surface area contributed by atoms with Crippen molar-refractivity contribution >= 4 is 0 Å². The van der Waals surface area contributed by atoms with E-state index < -0.39 is 23.9 Å². The van der Waals surface area contributed by atoms with Crippen molar-refractivity contribution in [2.24, 2.45) is 0 Å². The van der Waals surface area contributed by atoms with Crippen LogP contribution in [0.5, 0.6) is 0 Å². The van der Waals surface area contributed by atoms with Crippen molar-refractivity contribution in [1.82, 2.24) is 0 Å². The average Bonchev–Trinajstić information content (AvgIpc) is 3.25. The molecule has 0 aliphatic carbocycles. The summed E-state index contributed by atoms with van der Waals surface area (Å²) < 4.78 is 30.9. The molecule has 1 fully saturated rings. The topological polar surface area (TPSA) is 93.7 Å². The van der Waals surface area contributed by atoms with E-state index in [1.165, 1.54) is 6.26 Å². The Hall–Kier alpha value is -3.98. The highest BCUT2D eigenvalue weighted by molar-refractivity contribution is 5.31. The zero-order valence-electron chi connectivity index (χ0n) is 21.9. The maximum Gasteiger partial charge on any atom is 0.173 e. The number of ether oxygens (including phenoxy) is 5. The van der Waals surface area contributed by atoms with Gasteiger partial charge in [-0.3, -0.25) is 0 Å². The molecule has 3 aromatic carbocycles. The van der Waals surface area contributed by atoms with E-state index in [0.29, 0.717) is 13.2 Å². The molecule has 200 valence electrons. The molecule has 39 heavy (non-hydrogen) atoms. The number of benzene rings is 3. The fraction of sp³-hybridized carbons (Fsp3) is 0.312. The third-order valence-corrected chi connectivity index (χ3v) is 6.56. The molecular weight excluding hydrogens is 492 g/mol. The molecule has 0 aromatic heterocycles. The van der Waals surface area contributed by atoms with Gasteiger partial charge >= 0.3 is 0 Å². The lowest BCUT2D eigenvalue weighted by atomic mass is 9.88. The molecule has 0 spiro atoms. The van der Waals surface area contributed by atoms with Crippen LogP contribution in [0.1, 0.15) is 23.6 Å². The van der Waals surface area contributed by atoms with Crippen LogP contribution in [0.4, 0.5) is 0 Å². The lowest BCUT2D eigenvalue weighted by Crippen LogP contribution is -2.50. The van der Waals surface area contributed by atoms with E-state index in [2.05, 4.69) is 6.07 Å². The standard InChI is InChI=1S/C32H32N2O5/c1-32(38-22-27-15-9-4-10-16-27)30(28(19-34)23-35-18-17-33)39-29(24-36-20-25-11-5-2-6-12-25)31(32)37-21-26-13-7-3-8-14-26/h2-16,23,29-31H,18,20-22,24H2,1H3/t29-,30+,31-,32+/m1/s1. The molecule has 1 heterocycles. The first kappa shape index (κ1) is 28.0. The SMILES string of the molecule is C[C@@]1(OCc2ccccc2)[C@H](OCc2ccccc2)[C@@H](COCc2ccccc2)O[C@H]1C(C#N)=COCC#N. The van der Waals surface area contributed by atoms with Gasteiger partial charge in [-0.15, -0.1) is 0 Å². The summed E-state index contributed by atoms with van der Waals surface area (Å²) in [7, 11) is 0. The summed E-state index contributed by atoms with van der Waals surface area (Å²) in [5, 5.41) is 18.9. The molecule has 4 rings (SSSR count). The second kappa shape index (κ2) is 14.2. The molecule has 7 nitrogen and oxygen atoms in total. The zero-order valence-corrected chi connectivity index (χ0v) is 21.9. The van der Waals surface area contributed by atoms with E-state index >= 15 is 0 Å². The van der Waals surface area contributed by atoms with Gasteiger partial charge in [-0.1, -0.05) is 91.0 Å². The van der Waals surface area contributed by atoms with Gasteiger partial charge in [-0.2, -0.15) is 10.5 Å². The van der Waals surface area contributed by atoms with Crippen LogP contribution in [0.2, 0.25) is 0 Å². The molecule has 0 unspecified atom stereocenters. The Balaban J connectivity index is 1.61. The van der Waals surface area contributed by atoms with Gasteiger partial charge in [0.15, 0.2) is 6.61 Å². The Morgan fingerprint density at radius 1 is 0.846 bits per heavy atom. The van der Waals surface area contributed by atoms with Crippen LogP contribution in [0, 0.1) is 22.7 Å². The lowest BCUT2D eigenvalue weighted by Gasteiger charge is -2.35. The lowest BCUT2D eigenvalue weighted by molar-refractivity contribution is -0.142. The van der Waals surface area contributed by atoms with E-state index in [1.807, 2.05) is 104 Å². The number of nitrogens with zero attached hydrogens (tertiary/aromatic N) is 2. The maximum atomic E-state index is 10.0. The molecule has 1 aliphatic heterocycles. The van der Waals surface area contributed by atoms with Gasteiger partial charge in [0, 0.05) is 0 Å². The molecule has 1 saturated heterocycles. The largest absolute Gasteiger partial charge is 0.485 e. The summed E-state index contributed by atoms with van der Waals surface area (Å²) in [5.41, 5.74) is 2.16. The third kappa shape index (κ3) is 7.54. The van der Waals surface area contributed by atoms with Crippen LogP contribution in [-0.2, 0) is 43.5 Å². The Morgan fingerprint density at radius 2 is 1.41 bits per heavy atom. The first-order valence-electron chi connectivity index (χ1n) is 12.8. The van der Waals surface area contributed by atoms with Crippen LogP contribution in [-0.4, -0.2) is 37.1 Å². The zero-order chi connectivity index (χ0) is 27.3. The first-order valence-corrected chi connectivity index (χ1v) is 12.8. The van der Waals surface area contributed by atoms with Gasteiger partial charge in [0.25, 0.3) is 0 Å². The van der Waals surface area contributed by atoms with Crippen molar-refractivity contribution in [3.05, 3.63) is 120 Å². The molecule has 1 aliphatic rings. The van der Waals surface area contributed by atoms with Crippen LogP contribution in [0.15, 0.2) is 103 Å². The van der Waals surface area contributed by atoms with Gasteiger partial charge in [0.05, 0.1) is 32.0 Å². The molecule has 0 bridgehead atoms. The highest BCUT2D eigenvalue weighted by atomic mass is 16.6. The fourth-order valence-corrected chi connectivity index (χ4v) is 4.59. The van der Waals surface area contributed by atoms with Gasteiger partial charge in [-0.05, 0) is 23.6 Å². The highest BCUT2D eigenvalue weighted by Crippen LogP contribution is 2.41.